The largest absolute Gasteiger partial charge is 0.268 e. The number of benzene rings is 5. The molecule has 0 saturated heterocycles. The lowest BCUT2D eigenvalue weighted by molar-refractivity contribution is 1.06. The Labute approximate surface area is 276 Å². The third kappa shape index (κ3) is 4.40. The maximum absolute atomic E-state index is 14.3. The topological polar surface area (TPSA) is 85.9 Å². The Morgan fingerprint density at radius 3 is 1.79 bits per heavy atom. The molecule has 0 aliphatic carbocycles. The van der Waals surface area contributed by atoms with Gasteiger partial charge in [-0.05, 0) is 29.3 Å². The van der Waals surface area contributed by atoms with Gasteiger partial charge >= 0.3 is 0 Å². The lowest BCUT2D eigenvalue weighted by atomic mass is 10.0. The van der Waals surface area contributed by atoms with Crippen LogP contribution in [0, 0.1) is 0 Å². The van der Waals surface area contributed by atoms with Gasteiger partial charge in [-0.25, -0.2) is 29.3 Å². The summed E-state index contributed by atoms with van der Waals surface area (Å²) in [5, 5.41) is -1.21. The van der Waals surface area contributed by atoms with Crippen molar-refractivity contribution in [2.75, 3.05) is 0 Å². The minimum Gasteiger partial charge on any atom is -0.268 e. The molecule has 0 N–H and O–H groups in total. The molecule has 8 rings (SSSR count). The fourth-order valence-electron chi connectivity index (χ4n) is 4.03. The van der Waals surface area contributed by atoms with E-state index in [1.54, 1.807) is 0 Å². The minimum atomic E-state index is -1.23. The smallest absolute Gasteiger partial charge is 0.267 e. The number of aromatic nitrogens is 6. The first-order valence-corrected chi connectivity index (χ1v) is 12.1. The van der Waals surface area contributed by atoms with Gasteiger partial charge in [0.15, 0.2) is 17.5 Å². The molecule has 0 saturated carbocycles. The van der Waals surface area contributed by atoms with E-state index in [4.69, 9.17) is 28.8 Å². The molecule has 0 amide bonds. The standard InChI is InChI=1S/C36H22N6O/c43-35-29-20-19-27(21-30(29)38-36-37-22-28-13-7-8-14-31(28)42(35)36)34-40-32(25-11-5-2-6-12-25)39-33(41-34)26-17-15-24(16-18-26)23-9-3-1-4-10-23/h1-22H/i1D,2D,3D,4D,5D,6D,7D,8D,9D,10D,11D,12D,13D,14D,15D,16D,17D,18D,19D,20D,21D,22D. The number of para-hydroxylation sites is 1. The molecule has 3 aromatic heterocycles. The Balaban J connectivity index is 1.50. The van der Waals surface area contributed by atoms with E-state index in [-0.39, 0.29) is 0 Å². The van der Waals surface area contributed by atoms with E-state index in [0.717, 1.165) is 0 Å². The molecule has 0 aliphatic rings. The molecule has 8 aromatic rings. The predicted octanol–water partition coefficient (Wildman–Crippen LogP) is 7.25. The lowest BCUT2D eigenvalue weighted by Crippen LogP contribution is -2.17. The van der Waals surface area contributed by atoms with Crippen LogP contribution in [0.25, 0.3) is 72.9 Å². The van der Waals surface area contributed by atoms with Gasteiger partial charge in [0.1, 0.15) is 0 Å². The van der Waals surface area contributed by atoms with Crippen molar-refractivity contribution in [3.63, 3.8) is 0 Å². The van der Waals surface area contributed by atoms with Gasteiger partial charge in [0.25, 0.3) is 5.56 Å². The van der Waals surface area contributed by atoms with Crippen LogP contribution in [0.2, 0.25) is 0 Å². The number of hydrogen-bond donors (Lipinski definition) is 0. The van der Waals surface area contributed by atoms with E-state index in [1.165, 1.54) is 0 Å². The van der Waals surface area contributed by atoms with E-state index >= 15 is 0 Å². The molecular weight excluding hydrogens is 532 g/mol. The van der Waals surface area contributed by atoms with Crippen LogP contribution >= 0.6 is 0 Å². The van der Waals surface area contributed by atoms with Crippen LogP contribution < -0.4 is 5.56 Å². The zero-order valence-electron chi connectivity index (χ0n) is 43.1. The first-order chi connectivity index (χ1) is 30.4. The molecule has 0 fully saturated rings. The highest BCUT2D eigenvalue weighted by molar-refractivity contribution is 5.87. The number of rotatable bonds is 4. The fraction of sp³-hybridized carbons (Fsp3) is 0. The molecule has 202 valence electrons. The Bertz CT molecular complexity index is 3530. The second-order valence-electron chi connectivity index (χ2n) is 8.53. The Morgan fingerprint density at radius 2 is 1.07 bits per heavy atom. The molecule has 0 atom stereocenters. The van der Waals surface area contributed by atoms with Crippen molar-refractivity contribution in [1.29, 1.82) is 0 Å². The van der Waals surface area contributed by atoms with Crippen LogP contribution in [-0.4, -0.2) is 29.3 Å². The minimum absolute atomic E-state index is 0.472. The van der Waals surface area contributed by atoms with Crippen molar-refractivity contribution >= 4 is 27.6 Å². The van der Waals surface area contributed by atoms with Crippen molar-refractivity contribution in [3.8, 4) is 45.3 Å². The van der Waals surface area contributed by atoms with Gasteiger partial charge in [0.2, 0.25) is 5.78 Å². The second-order valence-corrected chi connectivity index (χ2v) is 8.53. The van der Waals surface area contributed by atoms with Crippen molar-refractivity contribution < 1.29 is 30.2 Å². The molecule has 7 nitrogen and oxygen atoms in total. The second kappa shape index (κ2) is 10.1. The van der Waals surface area contributed by atoms with Gasteiger partial charge in [0, 0.05) is 28.2 Å². The predicted molar refractivity (Wildman–Crippen MR) is 169 cm³/mol. The summed E-state index contributed by atoms with van der Waals surface area (Å²) in [4.78, 5) is 35.1. The first kappa shape index (κ1) is 11.0. The van der Waals surface area contributed by atoms with Crippen molar-refractivity contribution in [1.82, 2.24) is 29.3 Å². The van der Waals surface area contributed by atoms with Gasteiger partial charge in [0.05, 0.1) is 46.6 Å². The summed E-state index contributed by atoms with van der Waals surface area (Å²) >= 11 is 0. The van der Waals surface area contributed by atoms with Gasteiger partial charge in [-0.1, -0.05) is 109 Å². The molecule has 7 heteroatoms. The summed E-state index contributed by atoms with van der Waals surface area (Å²) in [6.45, 7) is 0. The van der Waals surface area contributed by atoms with Gasteiger partial charge < -0.3 is 0 Å². The highest BCUT2D eigenvalue weighted by atomic mass is 16.1. The van der Waals surface area contributed by atoms with Crippen LogP contribution in [0.15, 0.2) is 138 Å². The van der Waals surface area contributed by atoms with E-state index in [0.29, 0.717) is 4.40 Å². The van der Waals surface area contributed by atoms with E-state index < -0.39 is 211 Å². The third-order valence-electron chi connectivity index (χ3n) is 5.96. The molecule has 3 heterocycles. The Kier molecular flexibility index (Phi) is 2.57. The molecule has 0 radical (unpaired) electrons. The van der Waals surface area contributed by atoms with Crippen molar-refractivity contribution in [2.45, 2.75) is 0 Å². The summed E-state index contributed by atoms with van der Waals surface area (Å²) < 4.78 is 188. The lowest BCUT2D eigenvalue weighted by Gasteiger charge is -2.10. The molecule has 0 aliphatic heterocycles. The van der Waals surface area contributed by atoms with E-state index in [9.17, 15) is 6.17 Å². The van der Waals surface area contributed by atoms with Crippen LogP contribution in [-0.2, 0) is 0 Å². The zero-order chi connectivity index (χ0) is 47.9. The Morgan fingerprint density at radius 1 is 0.535 bits per heavy atom. The fourth-order valence-corrected chi connectivity index (χ4v) is 4.03. The molecule has 0 spiro atoms. The molecule has 5 aromatic carbocycles. The summed E-state index contributed by atoms with van der Waals surface area (Å²) in [5.41, 5.74) is -6.04. The molecule has 43 heavy (non-hydrogen) atoms. The zero-order valence-corrected chi connectivity index (χ0v) is 21.1. The molecule has 0 unspecified atom stereocenters. The third-order valence-corrected chi connectivity index (χ3v) is 5.96. The van der Waals surface area contributed by atoms with E-state index in [1.807, 2.05) is 0 Å². The highest BCUT2D eigenvalue weighted by Crippen LogP contribution is 2.28. The van der Waals surface area contributed by atoms with E-state index in [2.05, 4.69) is 24.9 Å². The maximum Gasteiger partial charge on any atom is 0.267 e. The highest BCUT2D eigenvalue weighted by Gasteiger charge is 2.15. The molecule has 0 bridgehead atoms. The summed E-state index contributed by atoms with van der Waals surface area (Å²) in [5.74, 6) is -3.12. The number of nitrogens with zero attached hydrogens (tertiary/aromatic N) is 6. The van der Waals surface area contributed by atoms with Crippen LogP contribution in [0.1, 0.15) is 30.2 Å². The van der Waals surface area contributed by atoms with Crippen LogP contribution in [0.5, 0.6) is 0 Å². The number of hydrogen-bond acceptors (Lipinski definition) is 6. The Hall–Kier alpha value is -6.08. The van der Waals surface area contributed by atoms with Crippen LogP contribution in [0.4, 0.5) is 0 Å². The number of fused-ring (bicyclic) bond motifs is 4. The monoisotopic (exact) mass is 576 g/mol. The van der Waals surface area contributed by atoms with Gasteiger partial charge in [-0.3, -0.25) is 4.79 Å². The summed E-state index contributed by atoms with van der Waals surface area (Å²) in [7, 11) is 0. The SMILES string of the molecule is [2H]c1c([2H])c([2H])c(-c2nc(-c3c([2H])c([2H])c(-c4c([2H])c([2H])c([2H])c([2H])c4[2H])c([2H])c3[2H])nc(-c3c([2H])c([2H])c4c(=O)n5c(nc([2H])c6c([2H])c([2H])c([2H])c([2H])c65)nc4c3[2H])n2)c([2H])c1[2H]. The van der Waals surface area contributed by atoms with Crippen molar-refractivity contribution in [3.05, 3.63) is 143 Å². The average Bonchev–Trinajstić information content (AvgIpc) is 3.26. The van der Waals surface area contributed by atoms with Crippen molar-refractivity contribution in [2.24, 2.45) is 0 Å². The van der Waals surface area contributed by atoms with Crippen LogP contribution in [0.3, 0.4) is 0 Å². The summed E-state index contributed by atoms with van der Waals surface area (Å²) in [6.07, 6.45) is -0.740. The normalized spacial score (nSPS) is 18.5. The maximum atomic E-state index is 14.3. The van der Waals surface area contributed by atoms with Gasteiger partial charge in [-0.15, -0.1) is 0 Å². The quantitative estimate of drug-likeness (QED) is 0.162. The molecular formula is C36H22N6O. The first-order valence-electron chi connectivity index (χ1n) is 23.1. The summed E-state index contributed by atoms with van der Waals surface area (Å²) in [6, 6.07) is -18.1. The van der Waals surface area contributed by atoms with Gasteiger partial charge in [-0.2, -0.15) is 0 Å². The average molecular weight is 577 g/mol.